The molecule has 2 rings (SSSR count). The number of anilines is 1. The van der Waals surface area contributed by atoms with Crippen molar-refractivity contribution in [3.8, 4) is 5.75 Å². The zero-order valence-corrected chi connectivity index (χ0v) is 15.9. The molecular formula is C18H20N2O6S. The van der Waals surface area contributed by atoms with Crippen LogP contribution in [0.3, 0.4) is 0 Å². The van der Waals surface area contributed by atoms with Gasteiger partial charge in [0.2, 0.25) is 15.9 Å². The molecule has 0 aliphatic carbocycles. The Morgan fingerprint density at radius 2 is 1.56 bits per heavy atom. The van der Waals surface area contributed by atoms with E-state index in [0.717, 1.165) is 0 Å². The standard InChI is InChI=1S/C18H20N2O6S/c1-12(20-27(23,24)16-10-8-15(25-2)9-11-16)17(21)19-14-6-4-13(5-7-14)18(22)26-3/h4-12,20H,1-3H3,(H,19,21). The third-order valence-electron chi connectivity index (χ3n) is 3.67. The molecule has 0 aromatic heterocycles. The molecule has 144 valence electrons. The third kappa shape index (κ3) is 5.28. The van der Waals surface area contributed by atoms with Crippen molar-refractivity contribution >= 4 is 27.6 Å². The average molecular weight is 392 g/mol. The zero-order chi connectivity index (χ0) is 20.0. The maximum Gasteiger partial charge on any atom is 0.337 e. The van der Waals surface area contributed by atoms with Gasteiger partial charge in [0.15, 0.2) is 0 Å². The van der Waals surface area contributed by atoms with Gasteiger partial charge >= 0.3 is 5.97 Å². The minimum Gasteiger partial charge on any atom is -0.497 e. The summed E-state index contributed by atoms with van der Waals surface area (Å²) in [5.41, 5.74) is 0.756. The molecule has 2 aromatic carbocycles. The molecule has 1 atom stereocenters. The number of carbonyl (C=O) groups is 2. The summed E-state index contributed by atoms with van der Waals surface area (Å²) in [6.07, 6.45) is 0. The lowest BCUT2D eigenvalue weighted by atomic mass is 10.2. The number of carbonyl (C=O) groups excluding carboxylic acids is 2. The van der Waals surface area contributed by atoms with Gasteiger partial charge in [-0.05, 0) is 55.5 Å². The molecule has 0 aliphatic rings. The smallest absolute Gasteiger partial charge is 0.337 e. The molecule has 2 N–H and O–H groups in total. The van der Waals surface area contributed by atoms with Gasteiger partial charge in [0.1, 0.15) is 5.75 Å². The first-order valence-corrected chi connectivity index (χ1v) is 9.41. The molecule has 9 heteroatoms. The predicted molar refractivity (Wildman–Crippen MR) is 99.2 cm³/mol. The number of nitrogens with one attached hydrogen (secondary N) is 2. The van der Waals surface area contributed by atoms with Crippen LogP contribution in [-0.2, 0) is 19.6 Å². The minimum atomic E-state index is -3.87. The van der Waals surface area contributed by atoms with Gasteiger partial charge < -0.3 is 14.8 Å². The molecule has 0 radical (unpaired) electrons. The highest BCUT2D eigenvalue weighted by atomic mass is 32.2. The second kappa shape index (κ2) is 8.65. The molecule has 27 heavy (non-hydrogen) atoms. The quantitative estimate of drug-likeness (QED) is 0.695. The Hall–Kier alpha value is -2.91. The Bertz CT molecular complexity index is 908. The zero-order valence-electron chi connectivity index (χ0n) is 15.1. The fourth-order valence-electron chi connectivity index (χ4n) is 2.17. The molecule has 0 spiro atoms. The van der Waals surface area contributed by atoms with E-state index in [0.29, 0.717) is 17.0 Å². The SMILES string of the molecule is COC(=O)c1ccc(NC(=O)C(C)NS(=O)(=O)c2ccc(OC)cc2)cc1. The summed E-state index contributed by atoms with van der Waals surface area (Å²) < 4.78 is 36.6. The van der Waals surface area contributed by atoms with Crippen molar-refractivity contribution in [2.24, 2.45) is 0 Å². The van der Waals surface area contributed by atoms with E-state index in [-0.39, 0.29) is 4.90 Å². The molecular weight excluding hydrogens is 372 g/mol. The highest BCUT2D eigenvalue weighted by Crippen LogP contribution is 2.16. The summed E-state index contributed by atoms with van der Waals surface area (Å²) in [5, 5.41) is 2.58. The summed E-state index contributed by atoms with van der Waals surface area (Å²) in [5.74, 6) is -0.512. The fraction of sp³-hybridized carbons (Fsp3) is 0.222. The summed E-state index contributed by atoms with van der Waals surface area (Å²) in [7, 11) is -1.12. The van der Waals surface area contributed by atoms with E-state index in [2.05, 4.69) is 14.8 Å². The Morgan fingerprint density at radius 3 is 2.07 bits per heavy atom. The lowest BCUT2D eigenvalue weighted by molar-refractivity contribution is -0.117. The number of rotatable bonds is 7. The van der Waals surface area contributed by atoms with Crippen LogP contribution < -0.4 is 14.8 Å². The van der Waals surface area contributed by atoms with E-state index in [1.807, 2.05) is 0 Å². The third-order valence-corrected chi connectivity index (χ3v) is 5.23. The van der Waals surface area contributed by atoms with Crippen molar-refractivity contribution in [1.82, 2.24) is 4.72 Å². The van der Waals surface area contributed by atoms with Crippen LogP contribution in [0.15, 0.2) is 53.4 Å². The molecule has 0 aliphatic heterocycles. The molecule has 0 fully saturated rings. The predicted octanol–water partition coefficient (Wildman–Crippen LogP) is 1.79. The van der Waals surface area contributed by atoms with Gasteiger partial charge in [-0.2, -0.15) is 4.72 Å². The number of ether oxygens (including phenoxy) is 2. The number of methoxy groups -OCH3 is 2. The van der Waals surface area contributed by atoms with Crippen LogP contribution in [0, 0.1) is 0 Å². The van der Waals surface area contributed by atoms with Gasteiger partial charge in [-0.1, -0.05) is 0 Å². The van der Waals surface area contributed by atoms with Gasteiger partial charge in [0.25, 0.3) is 0 Å². The highest BCUT2D eigenvalue weighted by Gasteiger charge is 2.22. The maximum absolute atomic E-state index is 12.4. The van der Waals surface area contributed by atoms with E-state index in [9.17, 15) is 18.0 Å². The molecule has 0 saturated carbocycles. The number of hydrogen-bond donors (Lipinski definition) is 2. The summed E-state index contributed by atoms with van der Waals surface area (Å²) in [6, 6.07) is 10.8. The van der Waals surface area contributed by atoms with E-state index < -0.39 is 27.9 Å². The number of hydrogen-bond acceptors (Lipinski definition) is 6. The molecule has 2 aromatic rings. The Morgan fingerprint density at radius 1 is 0.963 bits per heavy atom. The molecule has 8 nitrogen and oxygen atoms in total. The van der Waals surface area contributed by atoms with Gasteiger partial charge in [-0.3, -0.25) is 4.79 Å². The molecule has 0 heterocycles. The fourth-order valence-corrected chi connectivity index (χ4v) is 3.37. The van der Waals surface area contributed by atoms with Gasteiger partial charge in [-0.25, -0.2) is 13.2 Å². The molecule has 0 bridgehead atoms. The van der Waals surface area contributed by atoms with Crippen LogP contribution in [0.1, 0.15) is 17.3 Å². The molecule has 0 saturated heterocycles. The molecule has 1 amide bonds. The lowest BCUT2D eigenvalue weighted by Crippen LogP contribution is -2.41. The Balaban J connectivity index is 2.02. The van der Waals surface area contributed by atoms with Crippen molar-refractivity contribution in [3.05, 3.63) is 54.1 Å². The van der Waals surface area contributed by atoms with Gasteiger partial charge in [0.05, 0.1) is 30.7 Å². The van der Waals surface area contributed by atoms with Crippen LogP contribution in [0.2, 0.25) is 0 Å². The summed E-state index contributed by atoms with van der Waals surface area (Å²) in [4.78, 5) is 23.7. The van der Waals surface area contributed by atoms with Crippen molar-refractivity contribution in [2.45, 2.75) is 17.9 Å². The summed E-state index contributed by atoms with van der Waals surface area (Å²) in [6.45, 7) is 1.43. The van der Waals surface area contributed by atoms with Crippen LogP contribution in [0.4, 0.5) is 5.69 Å². The first kappa shape index (κ1) is 20.4. The van der Waals surface area contributed by atoms with Crippen LogP contribution in [0.25, 0.3) is 0 Å². The van der Waals surface area contributed by atoms with Crippen molar-refractivity contribution in [1.29, 1.82) is 0 Å². The van der Waals surface area contributed by atoms with Crippen LogP contribution in [-0.4, -0.2) is 40.6 Å². The van der Waals surface area contributed by atoms with E-state index in [4.69, 9.17) is 4.74 Å². The van der Waals surface area contributed by atoms with Gasteiger partial charge in [-0.15, -0.1) is 0 Å². The van der Waals surface area contributed by atoms with Crippen molar-refractivity contribution in [2.75, 3.05) is 19.5 Å². The van der Waals surface area contributed by atoms with Crippen molar-refractivity contribution in [3.63, 3.8) is 0 Å². The molecule has 1 unspecified atom stereocenters. The van der Waals surface area contributed by atoms with Gasteiger partial charge in [0, 0.05) is 5.69 Å². The largest absolute Gasteiger partial charge is 0.497 e. The second-order valence-electron chi connectivity index (χ2n) is 5.58. The van der Waals surface area contributed by atoms with Crippen LogP contribution >= 0.6 is 0 Å². The summed E-state index contributed by atoms with van der Waals surface area (Å²) >= 11 is 0. The maximum atomic E-state index is 12.4. The number of amides is 1. The Labute approximate surface area is 157 Å². The van der Waals surface area contributed by atoms with E-state index in [1.54, 1.807) is 0 Å². The Kier molecular flexibility index (Phi) is 6.54. The normalized spacial score (nSPS) is 12.1. The van der Waals surface area contributed by atoms with Crippen LogP contribution in [0.5, 0.6) is 5.75 Å². The average Bonchev–Trinajstić information content (AvgIpc) is 2.67. The topological polar surface area (TPSA) is 111 Å². The number of benzene rings is 2. The highest BCUT2D eigenvalue weighted by molar-refractivity contribution is 7.89. The minimum absolute atomic E-state index is 0.0189. The monoisotopic (exact) mass is 392 g/mol. The first-order chi connectivity index (χ1) is 12.8. The van der Waals surface area contributed by atoms with E-state index in [1.165, 1.54) is 69.7 Å². The van der Waals surface area contributed by atoms with Crippen molar-refractivity contribution < 1.29 is 27.5 Å². The van der Waals surface area contributed by atoms with E-state index >= 15 is 0 Å². The second-order valence-corrected chi connectivity index (χ2v) is 7.29. The lowest BCUT2D eigenvalue weighted by Gasteiger charge is -2.15. The number of sulfonamides is 1. The number of esters is 1. The first-order valence-electron chi connectivity index (χ1n) is 7.92.